The molecule has 13 heavy (non-hydrogen) atoms. The summed E-state index contributed by atoms with van der Waals surface area (Å²) in [4.78, 5) is 0. The zero-order valence-electron chi connectivity index (χ0n) is 6.94. The van der Waals surface area contributed by atoms with E-state index >= 15 is 0 Å². The van der Waals surface area contributed by atoms with Gasteiger partial charge in [0.05, 0.1) is 0 Å². The van der Waals surface area contributed by atoms with Gasteiger partial charge in [0.2, 0.25) is 0 Å². The van der Waals surface area contributed by atoms with E-state index in [1.807, 2.05) is 0 Å². The minimum absolute atomic E-state index is 0. The molecule has 1 heterocycles. The predicted octanol–water partition coefficient (Wildman–Crippen LogP) is 2.66. The van der Waals surface area contributed by atoms with Crippen LogP contribution in [0.25, 0.3) is 0 Å². The Morgan fingerprint density at radius 3 is 2.92 bits per heavy atom. The van der Waals surface area contributed by atoms with E-state index in [-0.39, 0.29) is 18.2 Å². The summed E-state index contributed by atoms with van der Waals surface area (Å²) in [7, 11) is 0. The van der Waals surface area contributed by atoms with Crippen LogP contribution < -0.4 is 5.32 Å². The van der Waals surface area contributed by atoms with Crippen molar-refractivity contribution >= 4 is 28.3 Å². The van der Waals surface area contributed by atoms with Crippen LogP contribution in [0.4, 0.5) is 4.39 Å². The zero-order chi connectivity index (χ0) is 8.55. The lowest BCUT2D eigenvalue weighted by molar-refractivity contribution is 0.603. The fourth-order valence-electron chi connectivity index (χ4n) is 1.51. The van der Waals surface area contributed by atoms with Crippen molar-refractivity contribution < 1.29 is 4.39 Å². The molecule has 0 saturated carbocycles. The molecule has 2 rings (SSSR count). The molecule has 0 amide bonds. The summed E-state index contributed by atoms with van der Waals surface area (Å²) in [5, 5.41) is 3.25. The maximum Gasteiger partial charge on any atom is 0.124 e. The Hall–Kier alpha value is -0.120. The summed E-state index contributed by atoms with van der Waals surface area (Å²) in [6.07, 6.45) is 0.922. The second kappa shape index (κ2) is 4.40. The molecule has 0 saturated heterocycles. The SMILES string of the molecule is Cl.Fc1cc(Br)c2c(c1)CCNC2. The number of fused-ring (bicyclic) bond motifs is 1. The Labute approximate surface area is 91.3 Å². The van der Waals surface area contributed by atoms with Gasteiger partial charge in [0.1, 0.15) is 5.82 Å². The van der Waals surface area contributed by atoms with Crippen LogP contribution in [0, 0.1) is 5.82 Å². The van der Waals surface area contributed by atoms with Crippen molar-refractivity contribution in [2.75, 3.05) is 6.54 Å². The van der Waals surface area contributed by atoms with Crippen LogP contribution in [0.1, 0.15) is 11.1 Å². The standard InChI is InChI=1S/C9H9BrFN.ClH/c10-9-4-7(11)3-6-1-2-12-5-8(6)9;/h3-4,12H,1-2,5H2;1H. The van der Waals surface area contributed by atoms with Gasteiger partial charge in [-0.05, 0) is 36.2 Å². The Morgan fingerprint density at radius 2 is 2.15 bits per heavy atom. The van der Waals surface area contributed by atoms with Crippen molar-refractivity contribution in [3.63, 3.8) is 0 Å². The van der Waals surface area contributed by atoms with Crippen molar-refractivity contribution in [1.29, 1.82) is 0 Å². The summed E-state index contributed by atoms with van der Waals surface area (Å²) in [6.45, 7) is 1.79. The molecule has 0 fully saturated rings. The molecular weight excluding hydrogens is 256 g/mol. The van der Waals surface area contributed by atoms with E-state index in [1.54, 1.807) is 6.07 Å². The van der Waals surface area contributed by atoms with Crippen LogP contribution in [0.5, 0.6) is 0 Å². The average molecular weight is 267 g/mol. The van der Waals surface area contributed by atoms with Crippen molar-refractivity contribution in [2.24, 2.45) is 0 Å². The van der Waals surface area contributed by atoms with Crippen LogP contribution in [-0.2, 0) is 13.0 Å². The average Bonchev–Trinajstić information content (AvgIpc) is 2.04. The molecule has 0 unspecified atom stereocenters. The molecule has 0 atom stereocenters. The molecule has 4 heteroatoms. The zero-order valence-corrected chi connectivity index (χ0v) is 9.34. The van der Waals surface area contributed by atoms with E-state index in [4.69, 9.17) is 0 Å². The highest BCUT2D eigenvalue weighted by molar-refractivity contribution is 9.10. The van der Waals surface area contributed by atoms with Gasteiger partial charge in [-0.15, -0.1) is 12.4 Å². The Balaban J connectivity index is 0.000000845. The predicted molar refractivity (Wildman–Crippen MR) is 56.8 cm³/mol. The number of nitrogens with one attached hydrogen (secondary N) is 1. The molecule has 0 spiro atoms. The topological polar surface area (TPSA) is 12.0 Å². The number of rotatable bonds is 0. The second-order valence-electron chi connectivity index (χ2n) is 2.95. The number of hydrogen-bond acceptors (Lipinski definition) is 1. The number of halogens is 3. The monoisotopic (exact) mass is 265 g/mol. The van der Waals surface area contributed by atoms with Gasteiger partial charge in [-0.25, -0.2) is 4.39 Å². The maximum absolute atomic E-state index is 12.9. The van der Waals surface area contributed by atoms with Crippen LogP contribution in [0.3, 0.4) is 0 Å². The number of hydrogen-bond donors (Lipinski definition) is 1. The molecule has 1 aromatic rings. The van der Waals surface area contributed by atoms with Gasteiger partial charge in [-0.3, -0.25) is 0 Å². The third kappa shape index (κ3) is 2.22. The maximum atomic E-state index is 12.9. The van der Waals surface area contributed by atoms with Crippen LogP contribution in [-0.4, -0.2) is 6.54 Å². The van der Waals surface area contributed by atoms with E-state index < -0.39 is 0 Å². The molecule has 0 bridgehead atoms. The van der Waals surface area contributed by atoms with Crippen LogP contribution in [0.2, 0.25) is 0 Å². The highest BCUT2D eigenvalue weighted by Crippen LogP contribution is 2.24. The minimum atomic E-state index is -0.150. The van der Waals surface area contributed by atoms with Gasteiger partial charge in [0.15, 0.2) is 0 Å². The normalized spacial score (nSPS) is 14.6. The Kier molecular flexibility index (Phi) is 3.71. The summed E-state index contributed by atoms with van der Waals surface area (Å²) >= 11 is 3.35. The third-order valence-electron chi connectivity index (χ3n) is 2.13. The number of benzene rings is 1. The van der Waals surface area contributed by atoms with Crippen molar-refractivity contribution in [2.45, 2.75) is 13.0 Å². The molecular formula is C9H10BrClFN. The fraction of sp³-hybridized carbons (Fsp3) is 0.333. The first-order chi connectivity index (χ1) is 5.77. The van der Waals surface area contributed by atoms with Gasteiger partial charge < -0.3 is 5.32 Å². The van der Waals surface area contributed by atoms with Gasteiger partial charge >= 0.3 is 0 Å². The molecule has 0 aromatic heterocycles. The highest BCUT2D eigenvalue weighted by Gasteiger charge is 2.12. The largest absolute Gasteiger partial charge is 0.312 e. The van der Waals surface area contributed by atoms with Crippen molar-refractivity contribution in [1.82, 2.24) is 5.32 Å². The molecule has 1 N–H and O–H groups in total. The lowest BCUT2D eigenvalue weighted by Crippen LogP contribution is -2.24. The third-order valence-corrected chi connectivity index (χ3v) is 2.83. The van der Waals surface area contributed by atoms with Crippen LogP contribution >= 0.6 is 28.3 Å². The summed E-state index contributed by atoms with van der Waals surface area (Å²) in [6, 6.07) is 3.15. The molecule has 1 aliphatic rings. The molecule has 0 aliphatic carbocycles. The molecule has 0 radical (unpaired) electrons. The van der Waals surface area contributed by atoms with Crippen molar-refractivity contribution in [3.8, 4) is 0 Å². The Morgan fingerprint density at radius 1 is 1.38 bits per heavy atom. The summed E-state index contributed by atoms with van der Waals surface area (Å²) in [5.41, 5.74) is 2.32. The molecule has 72 valence electrons. The minimum Gasteiger partial charge on any atom is -0.312 e. The highest BCUT2D eigenvalue weighted by atomic mass is 79.9. The van der Waals surface area contributed by atoms with Gasteiger partial charge in [0.25, 0.3) is 0 Å². The van der Waals surface area contributed by atoms with E-state index in [9.17, 15) is 4.39 Å². The second-order valence-corrected chi connectivity index (χ2v) is 3.81. The van der Waals surface area contributed by atoms with Gasteiger partial charge in [-0.2, -0.15) is 0 Å². The van der Waals surface area contributed by atoms with E-state index in [1.165, 1.54) is 11.6 Å². The van der Waals surface area contributed by atoms with Gasteiger partial charge in [0, 0.05) is 11.0 Å². The van der Waals surface area contributed by atoms with Gasteiger partial charge in [-0.1, -0.05) is 15.9 Å². The molecule has 1 nitrogen and oxygen atoms in total. The lowest BCUT2D eigenvalue weighted by Gasteiger charge is -2.18. The first-order valence-electron chi connectivity index (χ1n) is 3.95. The van der Waals surface area contributed by atoms with E-state index in [0.717, 1.165) is 29.5 Å². The first kappa shape index (κ1) is 11.0. The first-order valence-corrected chi connectivity index (χ1v) is 4.74. The summed E-state index contributed by atoms with van der Waals surface area (Å²) < 4.78 is 13.8. The quantitative estimate of drug-likeness (QED) is 0.761. The Bertz CT molecular complexity index is 317. The lowest BCUT2D eigenvalue weighted by atomic mass is 10.0. The van der Waals surface area contributed by atoms with E-state index in [2.05, 4.69) is 21.2 Å². The fourth-order valence-corrected chi connectivity index (χ4v) is 2.13. The smallest absolute Gasteiger partial charge is 0.124 e. The molecule has 1 aliphatic heterocycles. The summed E-state index contributed by atoms with van der Waals surface area (Å²) in [5.74, 6) is -0.150. The molecule has 1 aromatic carbocycles. The van der Waals surface area contributed by atoms with E-state index in [0.29, 0.717) is 0 Å². The van der Waals surface area contributed by atoms with Crippen LogP contribution in [0.15, 0.2) is 16.6 Å². The van der Waals surface area contributed by atoms with Crippen molar-refractivity contribution in [3.05, 3.63) is 33.5 Å².